The number of rotatable bonds is 6. The Morgan fingerprint density at radius 2 is 1.55 bits per heavy atom. The number of fused-ring (bicyclic) bond motifs is 6. The van der Waals surface area contributed by atoms with Crippen molar-refractivity contribution in [1.29, 1.82) is 0 Å². The van der Waals surface area contributed by atoms with Gasteiger partial charge in [0, 0.05) is 39.2 Å². The van der Waals surface area contributed by atoms with Crippen molar-refractivity contribution in [1.82, 2.24) is 15.0 Å². The van der Waals surface area contributed by atoms with Crippen LogP contribution in [0.25, 0.3) is 55.0 Å². The third-order valence-electron chi connectivity index (χ3n) is 7.26. The molecule has 6 aromatic rings. The Bertz CT molecular complexity index is 1810. The maximum absolute atomic E-state index is 6.33. The standard InChI is InChI=1S/C34H35N3O/c1-19(2)15-22-17-23-12-13-27-30(28-10-7-9-25-26-11-8-14-35-34(26)38-32(25)28)36-33(21(5)6)37-31(27)29(23)24(18-22)16-20(3)4/h7-14,17-21H,15-16H2,1-6H3. The lowest BCUT2D eigenvalue weighted by molar-refractivity contribution is 0.638. The second-order valence-electron chi connectivity index (χ2n) is 11.7. The monoisotopic (exact) mass is 501 g/mol. The minimum atomic E-state index is 0.193. The molecule has 0 saturated carbocycles. The van der Waals surface area contributed by atoms with Gasteiger partial charge in [-0.15, -0.1) is 0 Å². The van der Waals surface area contributed by atoms with Gasteiger partial charge in [-0.05, 0) is 65.5 Å². The van der Waals surface area contributed by atoms with Crippen molar-refractivity contribution in [3.63, 3.8) is 0 Å². The van der Waals surface area contributed by atoms with Gasteiger partial charge in [0.25, 0.3) is 0 Å². The first kappa shape index (κ1) is 24.5. The smallest absolute Gasteiger partial charge is 0.227 e. The number of hydrogen-bond acceptors (Lipinski definition) is 4. The quantitative estimate of drug-likeness (QED) is 0.213. The van der Waals surface area contributed by atoms with Gasteiger partial charge < -0.3 is 4.42 Å². The van der Waals surface area contributed by atoms with Gasteiger partial charge in [-0.1, -0.05) is 71.9 Å². The maximum Gasteiger partial charge on any atom is 0.227 e. The van der Waals surface area contributed by atoms with Gasteiger partial charge in [-0.3, -0.25) is 0 Å². The molecule has 0 fully saturated rings. The van der Waals surface area contributed by atoms with Gasteiger partial charge in [0.05, 0.1) is 11.2 Å². The summed E-state index contributed by atoms with van der Waals surface area (Å²) in [5.41, 5.74) is 7.20. The summed E-state index contributed by atoms with van der Waals surface area (Å²) in [6.45, 7) is 13.5. The average molecular weight is 502 g/mol. The Kier molecular flexibility index (Phi) is 6.14. The van der Waals surface area contributed by atoms with Gasteiger partial charge in [0.1, 0.15) is 11.4 Å². The van der Waals surface area contributed by atoms with Crippen LogP contribution in [0.15, 0.2) is 65.2 Å². The van der Waals surface area contributed by atoms with Gasteiger partial charge in [0.2, 0.25) is 5.71 Å². The highest BCUT2D eigenvalue weighted by atomic mass is 16.3. The van der Waals surface area contributed by atoms with E-state index in [-0.39, 0.29) is 5.92 Å². The molecular weight excluding hydrogens is 466 g/mol. The summed E-state index contributed by atoms with van der Waals surface area (Å²) in [6.07, 6.45) is 3.87. The maximum atomic E-state index is 6.33. The summed E-state index contributed by atoms with van der Waals surface area (Å²) in [5, 5.41) is 5.66. The predicted molar refractivity (Wildman–Crippen MR) is 159 cm³/mol. The molecule has 0 aliphatic rings. The summed E-state index contributed by atoms with van der Waals surface area (Å²) >= 11 is 0. The lowest BCUT2D eigenvalue weighted by Gasteiger charge is -2.17. The highest BCUT2D eigenvalue weighted by molar-refractivity contribution is 6.14. The van der Waals surface area contributed by atoms with Crippen molar-refractivity contribution < 1.29 is 4.42 Å². The van der Waals surface area contributed by atoms with Crippen LogP contribution in [0.5, 0.6) is 0 Å². The van der Waals surface area contributed by atoms with Crippen molar-refractivity contribution in [3.05, 3.63) is 77.7 Å². The minimum absolute atomic E-state index is 0.193. The lowest BCUT2D eigenvalue weighted by atomic mass is 9.90. The molecule has 3 aromatic carbocycles. The fourth-order valence-corrected chi connectivity index (χ4v) is 5.70. The Labute approximate surface area is 224 Å². The molecule has 0 unspecified atom stereocenters. The Hall–Kier alpha value is -3.79. The number of aromatic nitrogens is 3. The minimum Gasteiger partial charge on any atom is -0.437 e. The molecule has 3 heterocycles. The van der Waals surface area contributed by atoms with E-state index in [2.05, 4.69) is 95.1 Å². The van der Waals surface area contributed by atoms with E-state index in [1.807, 2.05) is 6.07 Å². The second-order valence-corrected chi connectivity index (χ2v) is 11.7. The zero-order valence-corrected chi connectivity index (χ0v) is 23.2. The van der Waals surface area contributed by atoms with E-state index in [0.717, 1.165) is 57.2 Å². The SMILES string of the molecule is CC(C)Cc1cc(CC(C)C)c2c(ccc3c(-c4cccc5c4oc4ncccc45)nc(C(C)C)nc32)c1. The predicted octanol–water partition coefficient (Wildman–Crippen LogP) is 9.26. The van der Waals surface area contributed by atoms with E-state index in [4.69, 9.17) is 14.4 Å². The van der Waals surface area contributed by atoms with Gasteiger partial charge >= 0.3 is 0 Å². The van der Waals surface area contributed by atoms with Crippen LogP contribution in [0.4, 0.5) is 0 Å². The van der Waals surface area contributed by atoms with Crippen molar-refractivity contribution in [2.75, 3.05) is 0 Å². The molecule has 4 nitrogen and oxygen atoms in total. The van der Waals surface area contributed by atoms with E-state index in [9.17, 15) is 0 Å². The van der Waals surface area contributed by atoms with Crippen LogP contribution in [-0.2, 0) is 12.8 Å². The molecule has 38 heavy (non-hydrogen) atoms. The Morgan fingerprint density at radius 3 is 2.32 bits per heavy atom. The summed E-state index contributed by atoms with van der Waals surface area (Å²) in [6, 6.07) is 19.6. The van der Waals surface area contributed by atoms with E-state index in [1.165, 1.54) is 21.9 Å². The number of benzene rings is 3. The Morgan fingerprint density at radius 1 is 0.763 bits per heavy atom. The molecule has 0 bridgehead atoms. The third kappa shape index (κ3) is 4.22. The first-order valence-corrected chi connectivity index (χ1v) is 13.8. The van der Waals surface area contributed by atoms with Crippen molar-refractivity contribution in [2.45, 2.75) is 60.3 Å². The van der Waals surface area contributed by atoms with E-state index in [0.29, 0.717) is 17.5 Å². The summed E-state index contributed by atoms with van der Waals surface area (Å²) in [5.74, 6) is 2.21. The Balaban J connectivity index is 1.71. The highest BCUT2D eigenvalue weighted by Crippen LogP contribution is 2.39. The number of pyridine rings is 1. The molecule has 6 rings (SSSR count). The normalized spacial score (nSPS) is 12.3. The molecule has 0 atom stereocenters. The summed E-state index contributed by atoms with van der Waals surface area (Å²) < 4.78 is 6.33. The first-order chi connectivity index (χ1) is 18.3. The topological polar surface area (TPSA) is 51.8 Å². The molecule has 0 saturated heterocycles. The van der Waals surface area contributed by atoms with Crippen LogP contribution < -0.4 is 0 Å². The number of para-hydroxylation sites is 1. The molecule has 0 aliphatic heterocycles. The highest BCUT2D eigenvalue weighted by Gasteiger charge is 2.20. The molecule has 3 aromatic heterocycles. The second kappa shape index (κ2) is 9.50. The van der Waals surface area contributed by atoms with Gasteiger partial charge in [0.15, 0.2) is 0 Å². The van der Waals surface area contributed by atoms with Crippen LogP contribution >= 0.6 is 0 Å². The zero-order chi connectivity index (χ0) is 26.6. The lowest BCUT2D eigenvalue weighted by Crippen LogP contribution is -2.04. The molecule has 0 spiro atoms. The summed E-state index contributed by atoms with van der Waals surface area (Å²) in [7, 11) is 0. The molecule has 192 valence electrons. The number of hydrogen-bond donors (Lipinski definition) is 0. The van der Waals surface area contributed by atoms with E-state index in [1.54, 1.807) is 6.20 Å². The largest absolute Gasteiger partial charge is 0.437 e. The molecular formula is C34H35N3O. The third-order valence-corrected chi connectivity index (χ3v) is 7.26. The zero-order valence-electron chi connectivity index (χ0n) is 23.2. The molecule has 4 heteroatoms. The average Bonchev–Trinajstić information content (AvgIpc) is 3.26. The van der Waals surface area contributed by atoms with Crippen molar-refractivity contribution in [2.24, 2.45) is 11.8 Å². The van der Waals surface area contributed by atoms with Gasteiger partial charge in [-0.2, -0.15) is 0 Å². The van der Waals surface area contributed by atoms with Gasteiger partial charge in [-0.25, -0.2) is 15.0 Å². The first-order valence-electron chi connectivity index (χ1n) is 13.8. The fourth-order valence-electron chi connectivity index (χ4n) is 5.70. The fraction of sp³-hybridized carbons (Fsp3) is 0.324. The molecule has 0 N–H and O–H groups in total. The number of furan rings is 1. The van der Waals surface area contributed by atoms with Crippen molar-refractivity contribution >= 4 is 43.7 Å². The van der Waals surface area contributed by atoms with E-state index >= 15 is 0 Å². The van der Waals surface area contributed by atoms with Crippen LogP contribution in [0, 0.1) is 11.8 Å². The van der Waals surface area contributed by atoms with Crippen LogP contribution in [0.1, 0.15) is 64.4 Å². The van der Waals surface area contributed by atoms with Crippen LogP contribution in [0.2, 0.25) is 0 Å². The summed E-state index contributed by atoms with van der Waals surface area (Å²) in [4.78, 5) is 14.8. The number of nitrogens with zero attached hydrogens (tertiary/aromatic N) is 3. The van der Waals surface area contributed by atoms with E-state index < -0.39 is 0 Å². The molecule has 0 aliphatic carbocycles. The van der Waals surface area contributed by atoms with Crippen LogP contribution in [-0.4, -0.2) is 15.0 Å². The molecule has 0 radical (unpaired) electrons. The molecule has 0 amide bonds. The van der Waals surface area contributed by atoms with Crippen LogP contribution in [0.3, 0.4) is 0 Å². The van der Waals surface area contributed by atoms with Crippen molar-refractivity contribution in [3.8, 4) is 11.3 Å².